The van der Waals surface area contributed by atoms with E-state index in [-0.39, 0.29) is 5.91 Å². The first-order valence-corrected chi connectivity index (χ1v) is 7.59. The van der Waals surface area contributed by atoms with Crippen molar-refractivity contribution >= 4 is 11.6 Å². The van der Waals surface area contributed by atoms with Crippen LogP contribution in [-0.2, 0) is 4.79 Å². The van der Waals surface area contributed by atoms with Crippen LogP contribution < -0.4 is 15.1 Å². The molecular formula is C16H27N3O+2. The summed E-state index contributed by atoms with van der Waals surface area (Å²) in [6.45, 7) is 9.42. The Balaban J connectivity index is 1.82. The lowest BCUT2D eigenvalue weighted by molar-refractivity contribution is -0.999. The van der Waals surface area contributed by atoms with E-state index in [0.717, 1.165) is 31.9 Å². The summed E-state index contributed by atoms with van der Waals surface area (Å²) in [5.74, 6) is 0.647. The zero-order chi connectivity index (χ0) is 14.5. The van der Waals surface area contributed by atoms with E-state index in [0.29, 0.717) is 12.5 Å². The van der Waals surface area contributed by atoms with E-state index in [1.165, 1.54) is 10.5 Å². The third-order valence-corrected chi connectivity index (χ3v) is 4.08. The molecule has 1 fully saturated rings. The summed E-state index contributed by atoms with van der Waals surface area (Å²) < 4.78 is 0. The Bertz CT molecular complexity index is 434. The Morgan fingerprint density at radius 1 is 1.15 bits per heavy atom. The number of carbonyl (C=O) groups excluding carboxylic acids is 1. The Labute approximate surface area is 121 Å². The molecule has 0 aliphatic carbocycles. The molecule has 1 aliphatic heterocycles. The minimum atomic E-state index is 0.122. The number of benzene rings is 1. The first-order chi connectivity index (χ1) is 9.54. The lowest BCUT2D eigenvalue weighted by Crippen LogP contribution is -3.27. The van der Waals surface area contributed by atoms with Crippen LogP contribution >= 0.6 is 0 Å². The average Bonchev–Trinajstić information content (AvgIpc) is 2.42. The van der Waals surface area contributed by atoms with Gasteiger partial charge in [0.05, 0.1) is 7.05 Å². The molecule has 0 unspecified atom stereocenters. The van der Waals surface area contributed by atoms with Crippen molar-refractivity contribution in [2.45, 2.75) is 19.8 Å². The van der Waals surface area contributed by atoms with Crippen molar-refractivity contribution in [3.05, 3.63) is 29.8 Å². The van der Waals surface area contributed by atoms with Crippen LogP contribution in [0.3, 0.4) is 0 Å². The van der Waals surface area contributed by atoms with Gasteiger partial charge in [0, 0.05) is 5.69 Å². The van der Waals surface area contributed by atoms with Crippen molar-refractivity contribution in [3.63, 3.8) is 0 Å². The predicted octanol–water partition coefficient (Wildman–Crippen LogP) is -0.838. The molecule has 1 saturated heterocycles. The molecule has 1 amide bonds. The molecule has 20 heavy (non-hydrogen) atoms. The molecule has 0 aromatic heterocycles. The van der Waals surface area contributed by atoms with Gasteiger partial charge in [-0.1, -0.05) is 26.0 Å². The van der Waals surface area contributed by atoms with Gasteiger partial charge in [0.2, 0.25) is 0 Å². The fourth-order valence-electron chi connectivity index (χ4n) is 2.59. The van der Waals surface area contributed by atoms with Crippen LogP contribution in [-0.4, -0.2) is 45.7 Å². The number of likely N-dealkylation sites (N-methyl/N-ethyl adjacent to an activating group) is 1. The van der Waals surface area contributed by atoms with E-state index in [2.05, 4.69) is 38.3 Å². The number of nitrogens with one attached hydrogen (secondary N) is 3. The van der Waals surface area contributed by atoms with E-state index in [1.54, 1.807) is 4.90 Å². The second kappa shape index (κ2) is 6.86. The number of quaternary nitrogens is 2. The lowest BCUT2D eigenvalue weighted by Gasteiger charge is -2.26. The summed E-state index contributed by atoms with van der Waals surface area (Å²) in [4.78, 5) is 15.0. The molecule has 4 heteroatoms. The van der Waals surface area contributed by atoms with E-state index < -0.39 is 0 Å². The van der Waals surface area contributed by atoms with Crippen molar-refractivity contribution in [1.29, 1.82) is 0 Å². The van der Waals surface area contributed by atoms with Gasteiger partial charge in [-0.15, -0.1) is 0 Å². The van der Waals surface area contributed by atoms with Gasteiger partial charge in [-0.05, 0) is 23.6 Å². The van der Waals surface area contributed by atoms with E-state index in [1.807, 2.05) is 12.1 Å². The molecule has 0 radical (unpaired) electrons. The maximum atomic E-state index is 12.0. The van der Waals surface area contributed by atoms with Crippen molar-refractivity contribution < 1.29 is 14.6 Å². The summed E-state index contributed by atoms with van der Waals surface area (Å²) in [6, 6.07) is 8.17. The van der Waals surface area contributed by atoms with Gasteiger partial charge in [0.15, 0.2) is 6.54 Å². The Morgan fingerprint density at radius 3 is 2.30 bits per heavy atom. The molecular weight excluding hydrogens is 250 g/mol. The summed E-state index contributed by atoms with van der Waals surface area (Å²) >= 11 is 0. The molecule has 0 spiro atoms. The SMILES string of the molecule is CC(C)c1ccc(NC(=O)C[NH+]2CC[NH+](C)CC2)cc1. The maximum Gasteiger partial charge on any atom is 0.279 e. The fourth-order valence-corrected chi connectivity index (χ4v) is 2.59. The molecule has 1 aromatic rings. The zero-order valence-electron chi connectivity index (χ0n) is 12.8. The van der Waals surface area contributed by atoms with Gasteiger partial charge >= 0.3 is 0 Å². The topological polar surface area (TPSA) is 38.0 Å². The first-order valence-electron chi connectivity index (χ1n) is 7.59. The zero-order valence-corrected chi connectivity index (χ0v) is 12.8. The second-order valence-corrected chi connectivity index (χ2v) is 6.21. The minimum absolute atomic E-state index is 0.122. The first kappa shape index (κ1) is 15.0. The Hall–Kier alpha value is -1.39. The van der Waals surface area contributed by atoms with Crippen LogP contribution in [0.1, 0.15) is 25.3 Å². The standard InChI is InChI=1S/C16H25N3O/c1-13(2)14-4-6-15(7-5-14)17-16(20)12-19-10-8-18(3)9-11-19/h4-7,13H,8-12H2,1-3H3,(H,17,20)/p+2. The molecule has 0 saturated carbocycles. The number of hydrogen-bond donors (Lipinski definition) is 3. The number of piperazine rings is 1. The number of hydrogen-bond acceptors (Lipinski definition) is 1. The molecule has 1 heterocycles. The summed E-state index contributed by atoms with van der Waals surface area (Å²) in [5, 5.41) is 3.00. The highest BCUT2D eigenvalue weighted by Gasteiger charge is 2.22. The Kier molecular flexibility index (Phi) is 5.15. The van der Waals surface area contributed by atoms with Crippen LogP contribution in [0.15, 0.2) is 24.3 Å². The molecule has 4 nitrogen and oxygen atoms in total. The van der Waals surface area contributed by atoms with Gasteiger partial charge in [-0.3, -0.25) is 4.79 Å². The molecule has 0 atom stereocenters. The number of anilines is 1. The minimum Gasteiger partial charge on any atom is -0.328 e. The summed E-state index contributed by atoms with van der Waals surface area (Å²) in [7, 11) is 2.22. The summed E-state index contributed by atoms with van der Waals surface area (Å²) in [6.07, 6.45) is 0. The van der Waals surface area contributed by atoms with E-state index >= 15 is 0 Å². The largest absolute Gasteiger partial charge is 0.328 e. The predicted molar refractivity (Wildman–Crippen MR) is 81.3 cm³/mol. The maximum absolute atomic E-state index is 12.0. The molecule has 2 rings (SSSR count). The second-order valence-electron chi connectivity index (χ2n) is 6.21. The average molecular weight is 277 g/mol. The van der Waals surface area contributed by atoms with Gasteiger partial charge < -0.3 is 15.1 Å². The molecule has 1 aromatic carbocycles. The highest BCUT2D eigenvalue weighted by Crippen LogP contribution is 2.16. The van der Waals surface area contributed by atoms with Gasteiger partial charge in [0.25, 0.3) is 5.91 Å². The molecule has 1 aliphatic rings. The third kappa shape index (κ3) is 4.32. The highest BCUT2D eigenvalue weighted by molar-refractivity contribution is 5.91. The van der Waals surface area contributed by atoms with Crippen LogP contribution in [0.5, 0.6) is 0 Å². The van der Waals surface area contributed by atoms with Gasteiger partial charge in [-0.2, -0.15) is 0 Å². The fraction of sp³-hybridized carbons (Fsp3) is 0.562. The number of carbonyl (C=O) groups is 1. The molecule has 110 valence electrons. The normalized spacial score (nSPS) is 22.8. The number of amides is 1. The lowest BCUT2D eigenvalue weighted by atomic mass is 10.0. The van der Waals surface area contributed by atoms with Gasteiger partial charge in [-0.25, -0.2) is 0 Å². The van der Waals surface area contributed by atoms with E-state index in [4.69, 9.17) is 0 Å². The smallest absolute Gasteiger partial charge is 0.279 e. The van der Waals surface area contributed by atoms with Gasteiger partial charge in [0.1, 0.15) is 26.2 Å². The van der Waals surface area contributed by atoms with Crippen molar-refractivity contribution in [2.24, 2.45) is 0 Å². The highest BCUT2D eigenvalue weighted by atomic mass is 16.2. The molecule has 3 N–H and O–H groups in total. The van der Waals surface area contributed by atoms with Crippen molar-refractivity contribution in [2.75, 3.05) is 45.1 Å². The van der Waals surface area contributed by atoms with Crippen molar-refractivity contribution in [1.82, 2.24) is 0 Å². The van der Waals surface area contributed by atoms with Crippen LogP contribution in [0, 0.1) is 0 Å². The third-order valence-electron chi connectivity index (χ3n) is 4.08. The van der Waals surface area contributed by atoms with E-state index in [9.17, 15) is 4.79 Å². The number of rotatable bonds is 4. The quantitative estimate of drug-likeness (QED) is 0.660. The Morgan fingerprint density at radius 2 is 1.75 bits per heavy atom. The summed E-state index contributed by atoms with van der Waals surface area (Å²) in [5.41, 5.74) is 2.20. The van der Waals surface area contributed by atoms with Crippen LogP contribution in [0.4, 0.5) is 5.69 Å². The van der Waals surface area contributed by atoms with Crippen LogP contribution in [0.25, 0.3) is 0 Å². The van der Waals surface area contributed by atoms with Crippen molar-refractivity contribution in [3.8, 4) is 0 Å². The van der Waals surface area contributed by atoms with Crippen LogP contribution in [0.2, 0.25) is 0 Å². The monoisotopic (exact) mass is 277 g/mol. The molecule has 0 bridgehead atoms.